The SMILES string of the molecule is C#CCN1C(C)(C)CCC(OCc2ccc(C=C)cc2)C1(C)C. The number of hydrogen-bond donors (Lipinski definition) is 0. The maximum Gasteiger partial charge on any atom is 0.0759 e. The summed E-state index contributed by atoms with van der Waals surface area (Å²) < 4.78 is 6.29. The molecule has 0 radical (unpaired) electrons. The number of hydrogen-bond acceptors (Lipinski definition) is 2. The fourth-order valence-electron chi connectivity index (χ4n) is 3.67. The molecule has 124 valence electrons. The molecule has 1 fully saturated rings. The third-order valence-electron chi connectivity index (χ3n) is 5.15. The van der Waals surface area contributed by atoms with E-state index in [4.69, 9.17) is 11.2 Å². The Bertz CT molecular complexity index is 577. The van der Waals surface area contributed by atoms with Gasteiger partial charge in [0.2, 0.25) is 0 Å². The maximum absolute atomic E-state index is 6.29. The van der Waals surface area contributed by atoms with Crippen LogP contribution in [-0.4, -0.2) is 28.6 Å². The highest BCUT2D eigenvalue weighted by atomic mass is 16.5. The Kier molecular flexibility index (Phi) is 5.34. The number of benzene rings is 1. The molecule has 2 nitrogen and oxygen atoms in total. The second-order valence-corrected chi connectivity index (χ2v) is 7.54. The van der Waals surface area contributed by atoms with Gasteiger partial charge >= 0.3 is 0 Å². The van der Waals surface area contributed by atoms with Gasteiger partial charge in [-0.05, 0) is 51.7 Å². The first-order valence-electron chi connectivity index (χ1n) is 8.35. The van der Waals surface area contributed by atoms with E-state index in [1.165, 1.54) is 5.56 Å². The zero-order chi connectivity index (χ0) is 17.1. The lowest BCUT2D eigenvalue weighted by Crippen LogP contribution is -2.64. The Balaban J connectivity index is 2.07. The molecule has 1 saturated heterocycles. The van der Waals surface area contributed by atoms with Crippen LogP contribution in [0.3, 0.4) is 0 Å². The van der Waals surface area contributed by atoms with Gasteiger partial charge in [-0.25, -0.2) is 0 Å². The molecular weight excluding hydrogens is 282 g/mol. The van der Waals surface area contributed by atoms with Crippen LogP contribution in [0, 0.1) is 12.3 Å². The van der Waals surface area contributed by atoms with E-state index in [-0.39, 0.29) is 17.2 Å². The average molecular weight is 311 g/mol. The summed E-state index contributed by atoms with van der Waals surface area (Å²) in [7, 11) is 0. The third kappa shape index (κ3) is 3.86. The van der Waals surface area contributed by atoms with Crippen LogP contribution in [0.25, 0.3) is 6.08 Å². The lowest BCUT2D eigenvalue weighted by atomic mass is 9.77. The molecule has 0 bridgehead atoms. The summed E-state index contributed by atoms with van der Waals surface area (Å²) in [5, 5.41) is 0. The highest BCUT2D eigenvalue weighted by Crippen LogP contribution is 2.39. The second kappa shape index (κ2) is 6.91. The van der Waals surface area contributed by atoms with Gasteiger partial charge in [0, 0.05) is 11.1 Å². The minimum atomic E-state index is -0.0742. The molecule has 1 aliphatic rings. The van der Waals surface area contributed by atoms with Crippen molar-refractivity contribution in [1.29, 1.82) is 0 Å². The molecule has 1 heterocycles. The van der Waals surface area contributed by atoms with Crippen molar-refractivity contribution in [2.75, 3.05) is 6.54 Å². The van der Waals surface area contributed by atoms with Crippen molar-refractivity contribution < 1.29 is 4.74 Å². The zero-order valence-corrected chi connectivity index (χ0v) is 14.9. The lowest BCUT2D eigenvalue weighted by molar-refractivity contribution is -0.130. The Morgan fingerprint density at radius 3 is 2.52 bits per heavy atom. The van der Waals surface area contributed by atoms with Crippen LogP contribution in [0.2, 0.25) is 0 Å². The normalized spacial score (nSPS) is 23.2. The van der Waals surface area contributed by atoms with E-state index in [9.17, 15) is 0 Å². The van der Waals surface area contributed by atoms with Gasteiger partial charge < -0.3 is 4.74 Å². The van der Waals surface area contributed by atoms with E-state index in [1.54, 1.807) is 0 Å². The first-order valence-corrected chi connectivity index (χ1v) is 8.35. The summed E-state index contributed by atoms with van der Waals surface area (Å²) in [6.45, 7) is 14.1. The summed E-state index contributed by atoms with van der Waals surface area (Å²) in [6, 6.07) is 8.36. The van der Waals surface area contributed by atoms with Crippen LogP contribution in [0.1, 0.15) is 51.7 Å². The Hall–Kier alpha value is -1.56. The van der Waals surface area contributed by atoms with Crippen molar-refractivity contribution in [1.82, 2.24) is 4.90 Å². The molecule has 1 aromatic rings. The Morgan fingerprint density at radius 2 is 1.96 bits per heavy atom. The van der Waals surface area contributed by atoms with E-state index >= 15 is 0 Å². The van der Waals surface area contributed by atoms with Crippen molar-refractivity contribution in [2.45, 2.75) is 64.3 Å². The first-order chi connectivity index (χ1) is 10.8. The fourth-order valence-corrected chi connectivity index (χ4v) is 3.67. The quantitative estimate of drug-likeness (QED) is 0.742. The van der Waals surface area contributed by atoms with E-state index in [2.05, 4.69) is 69.4 Å². The topological polar surface area (TPSA) is 12.5 Å². The number of piperidine rings is 1. The van der Waals surface area contributed by atoms with E-state index in [0.717, 1.165) is 18.4 Å². The molecule has 23 heavy (non-hydrogen) atoms. The van der Waals surface area contributed by atoms with Crippen LogP contribution in [0.5, 0.6) is 0 Å². The van der Waals surface area contributed by atoms with E-state index < -0.39 is 0 Å². The maximum atomic E-state index is 6.29. The van der Waals surface area contributed by atoms with Crippen molar-refractivity contribution >= 4 is 6.08 Å². The molecular formula is C21H29NO. The summed E-state index contributed by atoms with van der Waals surface area (Å²) in [6.07, 6.45) is 9.79. The van der Waals surface area contributed by atoms with E-state index in [1.807, 2.05) is 6.08 Å². The number of rotatable bonds is 5. The Labute approximate surface area is 141 Å². The molecule has 0 spiro atoms. The molecule has 1 atom stereocenters. The number of likely N-dealkylation sites (tertiary alicyclic amines) is 1. The minimum Gasteiger partial charge on any atom is -0.372 e. The molecule has 0 aromatic heterocycles. The summed E-state index contributed by atoms with van der Waals surface area (Å²) in [5.41, 5.74) is 2.37. The van der Waals surface area contributed by atoms with Gasteiger partial charge in [0.05, 0.1) is 19.3 Å². The molecule has 2 rings (SSSR count). The fraction of sp³-hybridized carbons (Fsp3) is 0.524. The molecule has 1 aromatic carbocycles. The lowest BCUT2D eigenvalue weighted by Gasteiger charge is -2.55. The molecule has 2 heteroatoms. The molecule has 0 N–H and O–H groups in total. The highest BCUT2D eigenvalue weighted by Gasteiger charge is 2.47. The van der Waals surface area contributed by atoms with Crippen LogP contribution in [0.15, 0.2) is 30.8 Å². The smallest absolute Gasteiger partial charge is 0.0759 e. The molecule has 1 unspecified atom stereocenters. The second-order valence-electron chi connectivity index (χ2n) is 7.54. The average Bonchev–Trinajstić information content (AvgIpc) is 2.51. The Morgan fingerprint density at radius 1 is 1.30 bits per heavy atom. The molecule has 0 amide bonds. The molecule has 0 saturated carbocycles. The van der Waals surface area contributed by atoms with Gasteiger partial charge in [0.1, 0.15) is 0 Å². The number of nitrogens with zero attached hydrogens (tertiary/aromatic N) is 1. The monoisotopic (exact) mass is 311 g/mol. The summed E-state index contributed by atoms with van der Waals surface area (Å²) in [4.78, 5) is 2.41. The van der Waals surface area contributed by atoms with Gasteiger partial charge in [-0.2, -0.15) is 0 Å². The van der Waals surface area contributed by atoms with Crippen molar-refractivity contribution in [3.8, 4) is 12.3 Å². The highest BCUT2D eigenvalue weighted by molar-refractivity contribution is 5.47. The van der Waals surface area contributed by atoms with Crippen LogP contribution in [0.4, 0.5) is 0 Å². The zero-order valence-electron chi connectivity index (χ0n) is 14.9. The van der Waals surface area contributed by atoms with Gasteiger partial charge in [0.25, 0.3) is 0 Å². The van der Waals surface area contributed by atoms with Crippen molar-refractivity contribution in [3.63, 3.8) is 0 Å². The molecule has 1 aliphatic heterocycles. The van der Waals surface area contributed by atoms with Gasteiger partial charge in [0.15, 0.2) is 0 Å². The van der Waals surface area contributed by atoms with E-state index in [0.29, 0.717) is 13.2 Å². The predicted octanol–water partition coefficient (Wildman–Crippen LogP) is 4.50. The third-order valence-corrected chi connectivity index (χ3v) is 5.15. The first kappa shape index (κ1) is 17.8. The molecule has 0 aliphatic carbocycles. The summed E-state index contributed by atoms with van der Waals surface area (Å²) in [5.74, 6) is 2.82. The van der Waals surface area contributed by atoms with Gasteiger partial charge in [-0.1, -0.05) is 42.8 Å². The standard InChI is InChI=1S/C21H29NO/c1-7-15-22-20(3,4)14-13-19(21(22,5)6)23-16-18-11-9-17(8-2)10-12-18/h1,8-12,19H,2,13-16H2,3-6H3. The predicted molar refractivity (Wildman–Crippen MR) is 98.0 cm³/mol. The number of terminal acetylenes is 1. The largest absolute Gasteiger partial charge is 0.372 e. The minimum absolute atomic E-state index is 0.0742. The van der Waals surface area contributed by atoms with Crippen LogP contribution >= 0.6 is 0 Å². The van der Waals surface area contributed by atoms with Crippen molar-refractivity contribution in [3.05, 3.63) is 42.0 Å². The van der Waals surface area contributed by atoms with Crippen LogP contribution < -0.4 is 0 Å². The summed E-state index contributed by atoms with van der Waals surface area (Å²) >= 11 is 0. The number of ether oxygens (including phenoxy) is 1. The van der Waals surface area contributed by atoms with Gasteiger partial charge in [-0.15, -0.1) is 6.42 Å². The van der Waals surface area contributed by atoms with Crippen LogP contribution in [-0.2, 0) is 11.3 Å². The van der Waals surface area contributed by atoms with Crippen molar-refractivity contribution in [2.24, 2.45) is 0 Å². The van der Waals surface area contributed by atoms with Gasteiger partial charge in [-0.3, -0.25) is 4.90 Å².